The van der Waals surface area contributed by atoms with Crippen LogP contribution in [-0.4, -0.2) is 61.1 Å². The summed E-state index contributed by atoms with van der Waals surface area (Å²) in [4.78, 5) is 4.62. The number of likely N-dealkylation sites (N-methyl/N-ethyl adjacent to an activating group) is 1. The smallest absolute Gasteiger partial charge is 0.177 e. The molecule has 8 heteroatoms. The third-order valence-corrected chi connectivity index (χ3v) is 5.47. The second-order valence-corrected chi connectivity index (χ2v) is 7.36. The van der Waals surface area contributed by atoms with Crippen molar-refractivity contribution in [2.45, 2.75) is 38.8 Å². The molecular formula is C18H22N8. The molecule has 0 spiro atoms. The molecule has 0 amide bonds. The Morgan fingerprint density at radius 1 is 1.12 bits per heavy atom. The van der Waals surface area contributed by atoms with E-state index in [4.69, 9.17) is 0 Å². The lowest BCUT2D eigenvalue weighted by Crippen LogP contribution is -2.58. The molecule has 0 aromatic carbocycles. The number of aromatic nitrogens is 6. The Morgan fingerprint density at radius 3 is 2.88 bits per heavy atom. The highest BCUT2D eigenvalue weighted by Gasteiger charge is 2.32. The Labute approximate surface area is 151 Å². The van der Waals surface area contributed by atoms with Crippen LogP contribution in [0.4, 0.5) is 5.82 Å². The molecule has 2 aliphatic rings. The molecule has 1 saturated heterocycles. The largest absolute Gasteiger partial charge is 0.352 e. The van der Waals surface area contributed by atoms with Gasteiger partial charge in [0.1, 0.15) is 0 Å². The van der Waals surface area contributed by atoms with Crippen LogP contribution in [0.3, 0.4) is 0 Å². The van der Waals surface area contributed by atoms with E-state index in [1.807, 2.05) is 23.6 Å². The van der Waals surface area contributed by atoms with Crippen LogP contribution in [-0.2, 0) is 19.4 Å². The van der Waals surface area contributed by atoms with Crippen LogP contribution in [0.5, 0.6) is 0 Å². The lowest BCUT2D eigenvalue weighted by molar-refractivity contribution is 0.191. The number of aryl methyl sites for hydroxylation is 3. The second-order valence-electron chi connectivity index (χ2n) is 7.36. The van der Waals surface area contributed by atoms with Crippen molar-refractivity contribution >= 4 is 11.5 Å². The molecule has 1 aliphatic heterocycles. The van der Waals surface area contributed by atoms with Crippen molar-refractivity contribution in [2.24, 2.45) is 0 Å². The molecule has 3 aromatic heterocycles. The minimum atomic E-state index is 0.474. The van der Waals surface area contributed by atoms with E-state index in [9.17, 15) is 0 Å². The minimum Gasteiger partial charge on any atom is -0.352 e. The summed E-state index contributed by atoms with van der Waals surface area (Å²) in [6.07, 6.45) is 3.42. The predicted molar refractivity (Wildman–Crippen MR) is 97.0 cm³/mol. The highest BCUT2D eigenvalue weighted by atomic mass is 15.4. The van der Waals surface area contributed by atoms with E-state index in [1.165, 1.54) is 17.7 Å². The molecule has 5 rings (SSSR count). The first-order chi connectivity index (χ1) is 12.7. The lowest BCUT2D eigenvalue weighted by Gasteiger charge is -2.44. The molecule has 8 nitrogen and oxygen atoms in total. The van der Waals surface area contributed by atoms with Crippen molar-refractivity contribution < 1.29 is 0 Å². The number of hydrogen-bond donors (Lipinski definition) is 0. The van der Waals surface area contributed by atoms with Crippen LogP contribution < -0.4 is 4.90 Å². The summed E-state index contributed by atoms with van der Waals surface area (Å²) in [5.41, 5.74) is 4.32. The van der Waals surface area contributed by atoms with E-state index < -0.39 is 0 Å². The number of rotatable bonds is 4. The fourth-order valence-corrected chi connectivity index (χ4v) is 3.77. The lowest BCUT2D eigenvalue weighted by atomic mass is 10.1. The summed E-state index contributed by atoms with van der Waals surface area (Å²) < 4.78 is 1.84. The maximum atomic E-state index is 4.52. The van der Waals surface area contributed by atoms with Crippen LogP contribution >= 0.6 is 0 Å². The molecular weight excluding hydrogens is 328 g/mol. The van der Waals surface area contributed by atoms with E-state index >= 15 is 0 Å². The Hall–Kier alpha value is -2.61. The standard InChI is InChI=1S/C18H22N8/c1-12-6-7-16-20-22-18(26(16)23-12)11-24(2)14-9-25(10-14)17-8-13-4-3-5-15(13)19-21-17/h6-8,14H,3-5,9-11H2,1-2H3. The molecule has 3 aromatic rings. The molecule has 0 radical (unpaired) electrons. The SMILES string of the molecule is Cc1ccc2nnc(CN(C)C3CN(c4cc5c(nn4)CCC5)C3)n2n1. The van der Waals surface area contributed by atoms with Gasteiger partial charge in [0.15, 0.2) is 17.3 Å². The Kier molecular flexibility index (Phi) is 3.59. The highest BCUT2D eigenvalue weighted by molar-refractivity contribution is 5.45. The fourth-order valence-electron chi connectivity index (χ4n) is 3.77. The molecule has 1 fully saturated rings. The average Bonchev–Trinajstić information content (AvgIpc) is 3.20. The normalized spacial score (nSPS) is 17.1. The van der Waals surface area contributed by atoms with Gasteiger partial charge in [0, 0.05) is 19.1 Å². The van der Waals surface area contributed by atoms with Gasteiger partial charge in [0.05, 0.1) is 17.9 Å². The van der Waals surface area contributed by atoms with Crippen LogP contribution in [0.15, 0.2) is 18.2 Å². The van der Waals surface area contributed by atoms with Gasteiger partial charge in [-0.3, -0.25) is 4.90 Å². The van der Waals surface area contributed by atoms with Crippen molar-refractivity contribution in [1.82, 2.24) is 34.9 Å². The van der Waals surface area contributed by atoms with Crippen molar-refractivity contribution in [2.75, 3.05) is 25.0 Å². The van der Waals surface area contributed by atoms with Gasteiger partial charge < -0.3 is 4.90 Å². The number of nitrogens with zero attached hydrogens (tertiary/aromatic N) is 8. The summed E-state index contributed by atoms with van der Waals surface area (Å²) in [5.74, 6) is 1.89. The summed E-state index contributed by atoms with van der Waals surface area (Å²) in [6.45, 7) is 4.64. The summed E-state index contributed by atoms with van der Waals surface area (Å²) in [7, 11) is 2.13. The van der Waals surface area contributed by atoms with Crippen LogP contribution in [0.25, 0.3) is 5.65 Å². The van der Waals surface area contributed by atoms with E-state index in [-0.39, 0.29) is 0 Å². The zero-order valence-corrected chi connectivity index (χ0v) is 15.1. The second kappa shape index (κ2) is 5.98. The number of anilines is 1. The third kappa shape index (κ3) is 2.61. The molecule has 0 bridgehead atoms. The van der Waals surface area contributed by atoms with E-state index in [0.29, 0.717) is 6.04 Å². The van der Waals surface area contributed by atoms with Crippen LogP contribution in [0.2, 0.25) is 0 Å². The van der Waals surface area contributed by atoms with E-state index in [1.54, 1.807) is 0 Å². The minimum absolute atomic E-state index is 0.474. The quantitative estimate of drug-likeness (QED) is 0.696. The zero-order chi connectivity index (χ0) is 17.7. The summed E-state index contributed by atoms with van der Waals surface area (Å²) in [6, 6.07) is 6.61. The van der Waals surface area contributed by atoms with Gasteiger partial charge in [0.2, 0.25) is 0 Å². The average molecular weight is 350 g/mol. The molecule has 0 atom stereocenters. The summed E-state index contributed by atoms with van der Waals surface area (Å²) in [5, 5.41) is 21.9. The first-order valence-corrected chi connectivity index (χ1v) is 9.16. The maximum Gasteiger partial charge on any atom is 0.177 e. The molecule has 134 valence electrons. The summed E-state index contributed by atoms with van der Waals surface area (Å²) >= 11 is 0. The predicted octanol–water partition coefficient (Wildman–Crippen LogP) is 1.03. The van der Waals surface area contributed by atoms with Gasteiger partial charge in [0.25, 0.3) is 0 Å². The van der Waals surface area contributed by atoms with Crippen molar-refractivity contribution in [1.29, 1.82) is 0 Å². The van der Waals surface area contributed by atoms with Gasteiger partial charge in [-0.15, -0.1) is 15.3 Å². The van der Waals surface area contributed by atoms with Crippen LogP contribution in [0, 0.1) is 6.92 Å². The van der Waals surface area contributed by atoms with Crippen LogP contribution in [0.1, 0.15) is 29.2 Å². The molecule has 0 unspecified atom stereocenters. The van der Waals surface area contributed by atoms with E-state index in [0.717, 1.165) is 55.5 Å². The Morgan fingerprint density at radius 2 is 2.00 bits per heavy atom. The molecule has 1 aliphatic carbocycles. The Balaban J connectivity index is 1.25. The molecule has 0 saturated carbocycles. The molecule has 26 heavy (non-hydrogen) atoms. The monoisotopic (exact) mass is 350 g/mol. The number of fused-ring (bicyclic) bond motifs is 2. The van der Waals surface area contributed by atoms with E-state index in [2.05, 4.69) is 48.4 Å². The highest BCUT2D eigenvalue weighted by Crippen LogP contribution is 2.26. The Bertz CT molecular complexity index is 959. The van der Waals surface area contributed by atoms with Gasteiger partial charge in [-0.05, 0) is 57.0 Å². The zero-order valence-electron chi connectivity index (χ0n) is 15.1. The van der Waals surface area contributed by atoms with Gasteiger partial charge >= 0.3 is 0 Å². The first kappa shape index (κ1) is 15.6. The number of hydrogen-bond acceptors (Lipinski definition) is 7. The van der Waals surface area contributed by atoms with Gasteiger partial charge in [-0.25, -0.2) is 0 Å². The fraction of sp³-hybridized carbons (Fsp3) is 0.500. The van der Waals surface area contributed by atoms with Gasteiger partial charge in [-0.2, -0.15) is 14.7 Å². The van der Waals surface area contributed by atoms with Gasteiger partial charge in [-0.1, -0.05) is 0 Å². The molecule has 0 N–H and O–H groups in total. The maximum absolute atomic E-state index is 4.52. The first-order valence-electron chi connectivity index (χ1n) is 9.16. The van der Waals surface area contributed by atoms with Crippen molar-refractivity contribution in [3.8, 4) is 0 Å². The molecule has 4 heterocycles. The third-order valence-electron chi connectivity index (χ3n) is 5.47. The topological polar surface area (TPSA) is 75.3 Å². The van der Waals surface area contributed by atoms with Crippen molar-refractivity contribution in [3.63, 3.8) is 0 Å². The van der Waals surface area contributed by atoms with Crippen molar-refractivity contribution in [3.05, 3.63) is 41.0 Å².